The quantitative estimate of drug-likeness (QED) is 0.668. The molecule has 2 unspecified atom stereocenters. The van der Waals surface area contributed by atoms with Crippen LogP contribution >= 0.6 is 0 Å². The van der Waals surface area contributed by atoms with Crippen molar-refractivity contribution in [3.05, 3.63) is 35.4 Å². The van der Waals surface area contributed by atoms with Gasteiger partial charge in [0.05, 0.1) is 18.8 Å². The molecule has 0 saturated carbocycles. The standard InChI is InChI=1S/C15H22N2O3/c1-11-5-3-4-6-13(11)9-20-12(2)14(17-10-18)7-8-15(16)19/h3-6,10,12,14H,7-9H2,1-2H3,(H2,16,19)(H,17,18). The van der Waals surface area contributed by atoms with Gasteiger partial charge in [0, 0.05) is 6.42 Å². The van der Waals surface area contributed by atoms with E-state index in [4.69, 9.17) is 10.5 Å². The second kappa shape index (κ2) is 8.32. The molecule has 2 atom stereocenters. The summed E-state index contributed by atoms with van der Waals surface area (Å²) in [6, 6.07) is 7.76. The molecule has 1 rings (SSSR count). The molecule has 0 aliphatic heterocycles. The van der Waals surface area contributed by atoms with E-state index >= 15 is 0 Å². The lowest BCUT2D eigenvalue weighted by molar-refractivity contribution is -0.119. The van der Waals surface area contributed by atoms with Crippen molar-refractivity contribution in [1.29, 1.82) is 0 Å². The molecule has 0 aliphatic carbocycles. The van der Waals surface area contributed by atoms with E-state index in [1.54, 1.807) is 0 Å². The summed E-state index contributed by atoms with van der Waals surface area (Å²) in [4.78, 5) is 21.4. The smallest absolute Gasteiger partial charge is 0.217 e. The number of nitrogens with two attached hydrogens (primary N) is 1. The molecule has 0 radical (unpaired) electrons. The Morgan fingerprint density at radius 3 is 2.75 bits per heavy atom. The molecular formula is C15H22N2O3. The zero-order chi connectivity index (χ0) is 15.0. The summed E-state index contributed by atoms with van der Waals surface area (Å²) in [7, 11) is 0. The van der Waals surface area contributed by atoms with Crippen molar-refractivity contribution in [1.82, 2.24) is 5.32 Å². The summed E-state index contributed by atoms with van der Waals surface area (Å²) >= 11 is 0. The highest BCUT2D eigenvalue weighted by molar-refractivity contribution is 5.73. The van der Waals surface area contributed by atoms with Crippen LogP contribution in [0.4, 0.5) is 0 Å². The van der Waals surface area contributed by atoms with Gasteiger partial charge in [-0.3, -0.25) is 9.59 Å². The molecule has 1 aromatic carbocycles. The van der Waals surface area contributed by atoms with Crippen LogP contribution in [0.15, 0.2) is 24.3 Å². The number of amides is 2. The van der Waals surface area contributed by atoms with Crippen LogP contribution in [0.1, 0.15) is 30.9 Å². The molecule has 20 heavy (non-hydrogen) atoms. The number of hydrogen-bond donors (Lipinski definition) is 2. The summed E-state index contributed by atoms with van der Waals surface area (Å²) < 4.78 is 5.78. The van der Waals surface area contributed by atoms with Crippen molar-refractivity contribution in [3.8, 4) is 0 Å². The summed E-state index contributed by atoms with van der Waals surface area (Å²) in [5.41, 5.74) is 7.40. The van der Waals surface area contributed by atoms with Gasteiger partial charge in [0.2, 0.25) is 12.3 Å². The van der Waals surface area contributed by atoms with Crippen LogP contribution in [-0.2, 0) is 20.9 Å². The third-order valence-corrected chi connectivity index (χ3v) is 3.31. The van der Waals surface area contributed by atoms with Crippen molar-refractivity contribution >= 4 is 12.3 Å². The maximum Gasteiger partial charge on any atom is 0.217 e. The maximum absolute atomic E-state index is 10.8. The van der Waals surface area contributed by atoms with Gasteiger partial charge in [-0.1, -0.05) is 24.3 Å². The van der Waals surface area contributed by atoms with E-state index in [-0.39, 0.29) is 24.5 Å². The lowest BCUT2D eigenvalue weighted by Crippen LogP contribution is -2.39. The second-order valence-electron chi connectivity index (χ2n) is 4.84. The largest absolute Gasteiger partial charge is 0.372 e. The fourth-order valence-electron chi connectivity index (χ4n) is 1.95. The second-order valence-corrected chi connectivity index (χ2v) is 4.84. The predicted molar refractivity (Wildman–Crippen MR) is 76.8 cm³/mol. The van der Waals surface area contributed by atoms with Gasteiger partial charge in [0.15, 0.2) is 0 Å². The van der Waals surface area contributed by atoms with E-state index in [9.17, 15) is 9.59 Å². The van der Waals surface area contributed by atoms with Gasteiger partial charge in [-0.05, 0) is 31.4 Å². The van der Waals surface area contributed by atoms with E-state index in [2.05, 4.69) is 5.32 Å². The Kier molecular flexibility index (Phi) is 6.73. The number of carbonyl (C=O) groups is 2. The van der Waals surface area contributed by atoms with Crippen LogP contribution in [0.25, 0.3) is 0 Å². The molecular weight excluding hydrogens is 256 g/mol. The molecule has 0 fully saturated rings. The van der Waals surface area contributed by atoms with Crippen LogP contribution in [-0.4, -0.2) is 24.5 Å². The van der Waals surface area contributed by atoms with Gasteiger partial charge >= 0.3 is 0 Å². The zero-order valence-corrected chi connectivity index (χ0v) is 12.0. The molecule has 1 aromatic rings. The van der Waals surface area contributed by atoms with E-state index in [1.807, 2.05) is 38.1 Å². The Morgan fingerprint density at radius 1 is 1.45 bits per heavy atom. The summed E-state index contributed by atoms with van der Waals surface area (Å²) in [5.74, 6) is -0.381. The fourth-order valence-corrected chi connectivity index (χ4v) is 1.95. The first-order valence-corrected chi connectivity index (χ1v) is 6.68. The molecule has 110 valence electrons. The van der Waals surface area contributed by atoms with Gasteiger partial charge < -0.3 is 15.8 Å². The third kappa shape index (κ3) is 5.40. The van der Waals surface area contributed by atoms with Gasteiger partial charge in [-0.2, -0.15) is 0 Å². The average molecular weight is 278 g/mol. The van der Waals surface area contributed by atoms with Crippen molar-refractivity contribution in [2.24, 2.45) is 5.73 Å². The minimum Gasteiger partial charge on any atom is -0.372 e. The third-order valence-electron chi connectivity index (χ3n) is 3.31. The monoisotopic (exact) mass is 278 g/mol. The van der Waals surface area contributed by atoms with Crippen LogP contribution in [0.3, 0.4) is 0 Å². The molecule has 2 amide bonds. The average Bonchev–Trinajstić information content (AvgIpc) is 2.42. The van der Waals surface area contributed by atoms with Gasteiger partial charge in [-0.25, -0.2) is 0 Å². The fraction of sp³-hybridized carbons (Fsp3) is 0.467. The number of nitrogens with one attached hydrogen (secondary N) is 1. The number of primary amides is 1. The van der Waals surface area contributed by atoms with Crippen molar-refractivity contribution in [2.45, 2.75) is 45.4 Å². The first-order valence-electron chi connectivity index (χ1n) is 6.68. The predicted octanol–water partition coefficient (Wildman–Crippen LogP) is 1.28. The molecule has 3 N–H and O–H groups in total. The molecule has 0 aromatic heterocycles. The molecule has 0 heterocycles. The normalized spacial score (nSPS) is 13.5. The molecule has 5 nitrogen and oxygen atoms in total. The van der Waals surface area contributed by atoms with E-state index < -0.39 is 0 Å². The maximum atomic E-state index is 10.8. The highest BCUT2D eigenvalue weighted by Gasteiger charge is 2.18. The van der Waals surface area contributed by atoms with Crippen LogP contribution in [0.2, 0.25) is 0 Å². The highest BCUT2D eigenvalue weighted by Crippen LogP contribution is 2.12. The highest BCUT2D eigenvalue weighted by atomic mass is 16.5. The lowest BCUT2D eigenvalue weighted by Gasteiger charge is -2.23. The zero-order valence-electron chi connectivity index (χ0n) is 12.0. The number of benzene rings is 1. The first-order chi connectivity index (χ1) is 9.54. The van der Waals surface area contributed by atoms with Gasteiger partial charge in [0.25, 0.3) is 0 Å². The Bertz CT molecular complexity index is 448. The minimum absolute atomic E-state index is 0.195. The lowest BCUT2D eigenvalue weighted by atomic mass is 10.1. The van der Waals surface area contributed by atoms with E-state index in [0.29, 0.717) is 19.4 Å². The number of aryl methyl sites for hydroxylation is 1. The van der Waals surface area contributed by atoms with Crippen molar-refractivity contribution in [2.75, 3.05) is 0 Å². The number of carbonyl (C=O) groups excluding carboxylic acids is 2. The topological polar surface area (TPSA) is 81.4 Å². The Morgan fingerprint density at radius 2 is 2.15 bits per heavy atom. The molecule has 0 aliphatic rings. The van der Waals surface area contributed by atoms with Crippen molar-refractivity contribution < 1.29 is 14.3 Å². The first kappa shape index (κ1) is 16.2. The molecule has 0 bridgehead atoms. The number of hydrogen-bond acceptors (Lipinski definition) is 3. The van der Waals surface area contributed by atoms with Gasteiger partial charge in [-0.15, -0.1) is 0 Å². The molecule has 0 spiro atoms. The number of rotatable bonds is 9. The summed E-state index contributed by atoms with van der Waals surface area (Å²) in [6.45, 7) is 4.37. The Balaban J connectivity index is 2.52. The van der Waals surface area contributed by atoms with Crippen LogP contribution in [0.5, 0.6) is 0 Å². The van der Waals surface area contributed by atoms with E-state index in [1.165, 1.54) is 0 Å². The summed E-state index contributed by atoms with van der Waals surface area (Å²) in [6.07, 6.45) is 1.13. The number of ether oxygens (including phenoxy) is 1. The van der Waals surface area contributed by atoms with Crippen LogP contribution in [0, 0.1) is 6.92 Å². The molecule has 0 saturated heterocycles. The van der Waals surface area contributed by atoms with E-state index in [0.717, 1.165) is 11.1 Å². The Labute approximate surface area is 119 Å². The Hall–Kier alpha value is -1.88. The SMILES string of the molecule is Cc1ccccc1COC(C)C(CCC(N)=O)NC=O. The molecule has 5 heteroatoms. The summed E-state index contributed by atoms with van der Waals surface area (Å²) in [5, 5.41) is 2.68. The minimum atomic E-state index is -0.381. The van der Waals surface area contributed by atoms with Crippen LogP contribution < -0.4 is 11.1 Å². The van der Waals surface area contributed by atoms with Gasteiger partial charge in [0.1, 0.15) is 0 Å². The van der Waals surface area contributed by atoms with Crippen molar-refractivity contribution in [3.63, 3.8) is 0 Å².